The molecule has 2 saturated heterocycles. The number of hydrogen-bond acceptors (Lipinski definition) is 4. The molecule has 0 saturated carbocycles. The van der Waals surface area contributed by atoms with E-state index >= 15 is 0 Å². The average molecular weight is 354 g/mol. The number of urea groups is 1. The van der Waals surface area contributed by atoms with Gasteiger partial charge in [-0.05, 0) is 25.3 Å². The van der Waals surface area contributed by atoms with E-state index in [1.54, 1.807) is 0 Å². The molecule has 0 aromatic carbocycles. The summed E-state index contributed by atoms with van der Waals surface area (Å²) in [4.78, 5) is 34.0. The maximum atomic E-state index is 11.7. The van der Waals surface area contributed by atoms with Crippen molar-refractivity contribution < 1.29 is 14.4 Å². The van der Waals surface area contributed by atoms with Gasteiger partial charge in [0.1, 0.15) is 0 Å². The van der Waals surface area contributed by atoms with Crippen molar-refractivity contribution in [1.82, 2.24) is 21.3 Å². The highest BCUT2D eigenvalue weighted by molar-refractivity contribution is 8.00. The van der Waals surface area contributed by atoms with Crippen molar-refractivity contribution in [1.29, 1.82) is 0 Å². The Morgan fingerprint density at radius 1 is 1.21 bits per heavy atom. The molecule has 0 unspecified atom stereocenters. The molecule has 4 amide bonds. The quantitative estimate of drug-likeness (QED) is 0.261. The van der Waals surface area contributed by atoms with Gasteiger partial charge < -0.3 is 21.3 Å². The Hall–Kier alpha value is -1.70. The van der Waals surface area contributed by atoms with Crippen LogP contribution in [0.1, 0.15) is 32.1 Å². The minimum Gasteiger partial charge on any atom is -0.356 e. The van der Waals surface area contributed by atoms with Crippen LogP contribution in [0.25, 0.3) is 0 Å². The van der Waals surface area contributed by atoms with E-state index in [0.717, 1.165) is 25.0 Å². The maximum absolute atomic E-state index is 11.7. The van der Waals surface area contributed by atoms with Crippen LogP contribution in [-0.2, 0) is 9.59 Å². The Kier molecular flexibility index (Phi) is 7.42. The highest BCUT2D eigenvalue weighted by atomic mass is 32.2. The van der Waals surface area contributed by atoms with E-state index < -0.39 is 0 Å². The number of carbonyl (C=O) groups is 3. The van der Waals surface area contributed by atoms with Gasteiger partial charge in [0.2, 0.25) is 11.8 Å². The van der Waals surface area contributed by atoms with Gasteiger partial charge in [-0.15, -0.1) is 0 Å². The number of rotatable bonds is 10. The lowest BCUT2D eigenvalue weighted by atomic mass is 10.0. The smallest absolute Gasteiger partial charge is 0.315 e. The van der Waals surface area contributed by atoms with Crippen LogP contribution < -0.4 is 21.3 Å². The Morgan fingerprint density at radius 3 is 2.79 bits per heavy atom. The van der Waals surface area contributed by atoms with E-state index in [1.807, 2.05) is 11.8 Å². The van der Waals surface area contributed by atoms with Crippen LogP contribution >= 0.6 is 11.8 Å². The van der Waals surface area contributed by atoms with Gasteiger partial charge in [-0.2, -0.15) is 11.8 Å². The third kappa shape index (κ3) is 5.74. The van der Waals surface area contributed by atoms with Gasteiger partial charge in [0.25, 0.3) is 0 Å². The maximum Gasteiger partial charge on any atom is 0.315 e. The summed E-state index contributed by atoms with van der Waals surface area (Å²) in [5, 5.41) is 11.9. The summed E-state index contributed by atoms with van der Waals surface area (Å²) in [5.74, 6) is 0.830. The van der Waals surface area contributed by atoms with Gasteiger partial charge in [0.05, 0.1) is 12.1 Å². The Labute approximate surface area is 146 Å². The monoisotopic (exact) mass is 354 g/mol. The fraction of sp³-hybridized carbons (Fsp3) is 0.688. The van der Waals surface area contributed by atoms with E-state index in [-0.39, 0.29) is 29.9 Å². The number of carbonyl (C=O) groups excluding carboxylic acids is 3. The molecule has 7 nitrogen and oxygen atoms in total. The van der Waals surface area contributed by atoms with E-state index in [1.165, 1.54) is 6.08 Å². The second-order valence-corrected chi connectivity index (χ2v) is 7.34. The predicted molar refractivity (Wildman–Crippen MR) is 94.8 cm³/mol. The molecule has 2 heterocycles. The van der Waals surface area contributed by atoms with Crippen LogP contribution in [0.15, 0.2) is 12.7 Å². The summed E-state index contributed by atoms with van der Waals surface area (Å²) in [5.41, 5.74) is 0. The molecular formula is C16H26N4O3S. The molecule has 8 heteroatoms. The highest BCUT2D eigenvalue weighted by Gasteiger charge is 2.42. The van der Waals surface area contributed by atoms with Crippen molar-refractivity contribution >= 4 is 29.6 Å². The van der Waals surface area contributed by atoms with Crippen molar-refractivity contribution in [3.63, 3.8) is 0 Å². The lowest BCUT2D eigenvalue weighted by molar-refractivity contribution is -0.121. The first kappa shape index (κ1) is 18.6. The Bertz CT molecular complexity index is 486. The summed E-state index contributed by atoms with van der Waals surface area (Å²) in [6.45, 7) is 4.47. The minimum atomic E-state index is -0.193. The number of unbranched alkanes of at least 4 members (excludes halogenated alkanes) is 1. The number of hydrogen-bond donors (Lipinski definition) is 4. The topological polar surface area (TPSA) is 99.3 Å². The molecule has 0 bridgehead atoms. The van der Waals surface area contributed by atoms with Gasteiger partial charge in [-0.25, -0.2) is 4.79 Å². The normalized spacial score (nSPS) is 24.7. The standard InChI is InChI=1S/C16H26N4O3S/c1-2-13(21)17-8-5-9-18-14(22)7-4-3-6-12-15-11(10-24-12)19-16(23)20-15/h2,11-12,15H,1,3-10H2,(H,17,21)(H,18,22)(H2,19,20,23)/t11-,12-,15-/m0/s1. The molecule has 0 spiro atoms. The average Bonchev–Trinajstić information content (AvgIpc) is 3.10. The van der Waals surface area contributed by atoms with Gasteiger partial charge in [-0.1, -0.05) is 13.0 Å². The fourth-order valence-electron chi connectivity index (χ4n) is 2.96. The second-order valence-electron chi connectivity index (χ2n) is 6.07. The number of amides is 4. The predicted octanol–water partition coefficient (Wildman–Crippen LogP) is 0.521. The molecule has 2 fully saturated rings. The first-order valence-corrected chi connectivity index (χ1v) is 9.50. The van der Waals surface area contributed by atoms with Crippen LogP contribution in [0.3, 0.4) is 0 Å². The third-order valence-electron chi connectivity index (χ3n) is 4.24. The molecule has 24 heavy (non-hydrogen) atoms. The lowest BCUT2D eigenvalue weighted by Gasteiger charge is -2.16. The number of fused-ring (bicyclic) bond motifs is 1. The van der Waals surface area contributed by atoms with Crippen LogP contribution in [0.4, 0.5) is 4.79 Å². The molecule has 4 N–H and O–H groups in total. The second kappa shape index (κ2) is 9.56. The number of nitrogens with one attached hydrogen (secondary N) is 4. The van der Waals surface area contributed by atoms with Crippen molar-refractivity contribution in [3.05, 3.63) is 12.7 Å². The zero-order chi connectivity index (χ0) is 17.4. The Morgan fingerprint density at radius 2 is 2.00 bits per heavy atom. The zero-order valence-electron chi connectivity index (χ0n) is 13.8. The molecule has 2 aliphatic heterocycles. The SMILES string of the molecule is C=CC(=O)NCCCNC(=O)CCCC[C@@H]1SC[C@@H]2NC(=O)N[C@@H]21. The van der Waals surface area contributed by atoms with E-state index in [0.29, 0.717) is 31.2 Å². The third-order valence-corrected chi connectivity index (χ3v) is 5.75. The van der Waals surface area contributed by atoms with Gasteiger partial charge in [-0.3, -0.25) is 9.59 Å². The lowest BCUT2D eigenvalue weighted by Crippen LogP contribution is -2.36. The van der Waals surface area contributed by atoms with Crippen molar-refractivity contribution in [2.24, 2.45) is 0 Å². The molecule has 0 aromatic heterocycles. The van der Waals surface area contributed by atoms with Crippen molar-refractivity contribution in [2.75, 3.05) is 18.8 Å². The van der Waals surface area contributed by atoms with E-state index in [2.05, 4.69) is 27.8 Å². The van der Waals surface area contributed by atoms with Gasteiger partial charge in [0, 0.05) is 30.5 Å². The summed E-state index contributed by atoms with van der Waals surface area (Å²) >= 11 is 1.90. The molecule has 2 aliphatic rings. The first-order valence-electron chi connectivity index (χ1n) is 8.45. The molecule has 2 rings (SSSR count). The molecule has 0 aromatic rings. The van der Waals surface area contributed by atoms with Crippen LogP contribution in [0.5, 0.6) is 0 Å². The molecular weight excluding hydrogens is 328 g/mol. The van der Waals surface area contributed by atoms with E-state index in [4.69, 9.17) is 0 Å². The van der Waals surface area contributed by atoms with Gasteiger partial charge >= 0.3 is 6.03 Å². The molecule has 3 atom stereocenters. The largest absolute Gasteiger partial charge is 0.356 e. The summed E-state index contributed by atoms with van der Waals surface area (Å²) in [6.07, 6.45) is 5.33. The van der Waals surface area contributed by atoms with Crippen molar-refractivity contribution in [2.45, 2.75) is 49.4 Å². The Balaban J connectivity index is 1.47. The van der Waals surface area contributed by atoms with Crippen LogP contribution in [0, 0.1) is 0 Å². The van der Waals surface area contributed by atoms with Gasteiger partial charge in [0.15, 0.2) is 0 Å². The molecule has 0 aliphatic carbocycles. The minimum absolute atomic E-state index is 0.0536. The summed E-state index contributed by atoms with van der Waals surface area (Å²) < 4.78 is 0. The summed E-state index contributed by atoms with van der Waals surface area (Å²) in [7, 11) is 0. The fourth-order valence-corrected chi connectivity index (χ4v) is 4.51. The zero-order valence-corrected chi connectivity index (χ0v) is 14.6. The van der Waals surface area contributed by atoms with Crippen LogP contribution in [-0.4, -0.2) is 54.0 Å². The molecule has 0 radical (unpaired) electrons. The van der Waals surface area contributed by atoms with Crippen LogP contribution in [0.2, 0.25) is 0 Å². The first-order chi connectivity index (χ1) is 11.6. The highest BCUT2D eigenvalue weighted by Crippen LogP contribution is 2.33. The van der Waals surface area contributed by atoms with E-state index in [9.17, 15) is 14.4 Å². The number of thioether (sulfide) groups is 1. The summed E-state index contributed by atoms with van der Waals surface area (Å²) in [6, 6.07) is 0.443. The van der Waals surface area contributed by atoms with Crippen molar-refractivity contribution in [3.8, 4) is 0 Å². The molecule has 134 valence electrons.